The summed E-state index contributed by atoms with van der Waals surface area (Å²) in [6, 6.07) is 4.18. The van der Waals surface area contributed by atoms with Crippen LogP contribution in [0.1, 0.15) is 38.3 Å². The van der Waals surface area contributed by atoms with Crippen molar-refractivity contribution in [1.82, 2.24) is 9.97 Å². The fourth-order valence-electron chi connectivity index (χ4n) is 2.17. The maximum Gasteiger partial charge on any atom is 0.0642 e. The Morgan fingerprint density at radius 2 is 2.29 bits per heavy atom. The molecule has 2 aromatic heterocycles. The number of hydrogen-bond donors (Lipinski definition) is 2. The lowest BCUT2D eigenvalue weighted by molar-refractivity contribution is 0.151. The standard InChI is InChI=1S/C14H20N2O/c1-2-4-13(17)6-3-5-12-9-11-7-8-15-10-14(11)16-12/h7-10,13,16-17H,2-6H2,1H3. The highest BCUT2D eigenvalue weighted by Gasteiger charge is 2.04. The SMILES string of the molecule is CCCC(O)CCCc1cc2ccncc2[nH]1. The minimum Gasteiger partial charge on any atom is -0.393 e. The molecule has 2 heterocycles. The van der Waals surface area contributed by atoms with Crippen LogP contribution in [-0.2, 0) is 6.42 Å². The average Bonchev–Trinajstić information content (AvgIpc) is 2.71. The molecule has 1 atom stereocenters. The molecular weight excluding hydrogens is 212 g/mol. The van der Waals surface area contributed by atoms with Gasteiger partial charge in [-0.2, -0.15) is 0 Å². The van der Waals surface area contributed by atoms with Gasteiger partial charge in [-0.25, -0.2) is 0 Å². The third-order valence-corrected chi connectivity index (χ3v) is 3.09. The lowest BCUT2D eigenvalue weighted by Gasteiger charge is -2.07. The number of aromatic nitrogens is 2. The van der Waals surface area contributed by atoms with Crippen LogP contribution in [0.5, 0.6) is 0 Å². The Labute approximate surface area is 102 Å². The van der Waals surface area contributed by atoms with Gasteiger partial charge >= 0.3 is 0 Å². The number of hydrogen-bond acceptors (Lipinski definition) is 2. The van der Waals surface area contributed by atoms with Gasteiger partial charge in [0.15, 0.2) is 0 Å². The first kappa shape index (κ1) is 12.1. The molecule has 0 spiro atoms. The normalized spacial score (nSPS) is 13.1. The molecule has 0 bridgehead atoms. The van der Waals surface area contributed by atoms with Crippen LogP contribution in [0.15, 0.2) is 24.5 Å². The fraction of sp³-hybridized carbons (Fsp3) is 0.500. The van der Waals surface area contributed by atoms with Gasteiger partial charge in [-0.05, 0) is 37.8 Å². The van der Waals surface area contributed by atoms with Crippen molar-refractivity contribution in [3.8, 4) is 0 Å². The topological polar surface area (TPSA) is 48.9 Å². The summed E-state index contributed by atoms with van der Waals surface area (Å²) in [6.45, 7) is 2.11. The van der Waals surface area contributed by atoms with Crippen LogP contribution in [0, 0.1) is 0 Å². The Morgan fingerprint density at radius 1 is 1.41 bits per heavy atom. The van der Waals surface area contributed by atoms with E-state index in [1.807, 2.05) is 18.5 Å². The second-order valence-corrected chi connectivity index (χ2v) is 4.59. The third-order valence-electron chi connectivity index (χ3n) is 3.09. The summed E-state index contributed by atoms with van der Waals surface area (Å²) in [6.07, 6.45) is 8.41. The van der Waals surface area contributed by atoms with E-state index in [1.165, 1.54) is 11.1 Å². The zero-order valence-corrected chi connectivity index (χ0v) is 10.3. The molecule has 2 N–H and O–H groups in total. The first-order valence-corrected chi connectivity index (χ1v) is 6.39. The number of aliphatic hydroxyl groups is 1. The van der Waals surface area contributed by atoms with Crippen LogP contribution >= 0.6 is 0 Å². The van der Waals surface area contributed by atoms with Crippen molar-refractivity contribution in [2.24, 2.45) is 0 Å². The number of nitrogens with one attached hydrogen (secondary N) is 1. The first-order valence-electron chi connectivity index (χ1n) is 6.39. The molecule has 92 valence electrons. The molecule has 0 saturated heterocycles. The van der Waals surface area contributed by atoms with Gasteiger partial charge in [0.05, 0.1) is 17.8 Å². The van der Waals surface area contributed by atoms with Gasteiger partial charge in [-0.3, -0.25) is 4.98 Å². The number of aromatic amines is 1. The van der Waals surface area contributed by atoms with Crippen LogP contribution in [0.2, 0.25) is 0 Å². The monoisotopic (exact) mass is 232 g/mol. The minimum absolute atomic E-state index is 0.133. The number of aliphatic hydroxyl groups excluding tert-OH is 1. The Bertz CT molecular complexity index is 431. The molecule has 17 heavy (non-hydrogen) atoms. The number of pyridine rings is 1. The first-order chi connectivity index (χ1) is 8.29. The summed E-state index contributed by atoms with van der Waals surface area (Å²) in [5.41, 5.74) is 2.33. The lowest BCUT2D eigenvalue weighted by atomic mass is 10.1. The van der Waals surface area contributed by atoms with Gasteiger partial charge in [0.2, 0.25) is 0 Å². The lowest BCUT2D eigenvalue weighted by Crippen LogP contribution is -2.05. The third kappa shape index (κ3) is 3.30. The second kappa shape index (κ2) is 5.82. The van der Waals surface area contributed by atoms with E-state index < -0.39 is 0 Å². The number of fused-ring (bicyclic) bond motifs is 1. The Kier molecular flexibility index (Phi) is 4.15. The molecule has 0 aliphatic rings. The maximum atomic E-state index is 9.65. The van der Waals surface area contributed by atoms with Crippen molar-refractivity contribution < 1.29 is 5.11 Å². The van der Waals surface area contributed by atoms with E-state index >= 15 is 0 Å². The highest BCUT2D eigenvalue weighted by molar-refractivity contribution is 5.79. The summed E-state index contributed by atoms with van der Waals surface area (Å²) in [5.74, 6) is 0. The van der Waals surface area contributed by atoms with E-state index in [-0.39, 0.29) is 6.10 Å². The molecule has 0 aromatic carbocycles. The highest BCUT2D eigenvalue weighted by atomic mass is 16.3. The van der Waals surface area contributed by atoms with Crippen molar-refractivity contribution in [3.63, 3.8) is 0 Å². The van der Waals surface area contributed by atoms with Crippen molar-refractivity contribution in [2.75, 3.05) is 0 Å². The predicted molar refractivity (Wildman–Crippen MR) is 69.9 cm³/mol. The van der Waals surface area contributed by atoms with Crippen LogP contribution in [-0.4, -0.2) is 21.2 Å². The molecule has 2 aromatic rings. The van der Waals surface area contributed by atoms with Gasteiger partial charge in [0.1, 0.15) is 0 Å². The molecule has 0 radical (unpaired) electrons. The van der Waals surface area contributed by atoms with E-state index in [0.717, 1.165) is 37.6 Å². The molecule has 3 heteroatoms. The van der Waals surface area contributed by atoms with E-state index in [2.05, 4.69) is 23.0 Å². The molecule has 0 aliphatic carbocycles. The fourth-order valence-corrected chi connectivity index (χ4v) is 2.17. The number of aryl methyl sites for hydroxylation is 1. The van der Waals surface area contributed by atoms with Crippen molar-refractivity contribution in [1.29, 1.82) is 0 Å². The quantitative estimate of drug-likeness (QED) is 0.804. The van der Waals surface area contributed by atoms with E-state index in [0.29, 0.717) is 0 Å². The van der Waals surface area contributed by atoms with Gasteiger partial charge in [-0.15, -0.1) is 0 Å². The average molecular weight is 232 g/mol. The maximum absolute atomic E-state index is 9.65. The van der Waals surface area contributed by atoms with Gasteiger partial charge in [-0.1, -0.05) is 13.3 Å². The second-order valence-electron chi connectivity index (χ2n) is 4.59. The zero-order chi connectivity index (χ0) is 12.1. The summed E-state index contributed by atoms with van der Waals surface area (Å²) >= 11 is 0. The molecule has 2 rings (SSSR count). The largest absolute Gasteiger partial charge is 0.393 e. The molecule has 0 aliphatic heterocycles. The summed E-state index contributed by atoms with van der Waals surface area (Å²) in [7, 11) is 0. The molecule has 0 saturated carbocycles. The van der Waals surface area contributed by atoms with Gasteiger partial charge in [0.25, 0.3) is 0 Å². The Balaban J connectivity index is 1.86. The molecule has 3 nitrogen and oxygen atoms in total. The van der Waals surface area contributed by atoms with Crippen molar-refractivity contribution >= 4 is 10.9 Å². The molecule has 1 unspecified atom stereocenters. The summed E-state index contributed by atoms with van der Waals surface area (Å²) in [4.78, 5) is 7.44. The number of rotatable bonds is 6. The highest BCUT2D eigenvalue weighted by Crippen LogP contribution is 2.16. The van der Waals surface area contributed by atoms with Crippen LogP contribution in [0.4, 0.5) is 0 Å². The van der Waals surface area contributed by atoms with Crippen LogP contribution < -0.4 is 0 Å². The Hall–Kier alpha value is -1.35. The van der Waals surface area contributed by atoms with Crippen LogP contribution in [0.3, 0.4) is 0 Å². The molecule has 0 amide bonds. The smallest absolute Gasteiger partial charge is 0.0642 e. The zero-order valence-electron chi connectivity index (χ0n) is 10.3. The van der Waals surface area contributed by atoms with Gasteiger partial charge in [0, 0.05) is 17.3 Å². The minimum atomic E-state index is -0.133. The van der Waals surface area contributed by atoms with E-state index in [9.17, 15) is 5.11 Å². The van der Waals surface area contributed by atoms with E-state index in [4.69, 9.17) is 0 Å². The summed E-state index contributed by atoms with van der Waals surface area (Å²) < 4.78 is 0. The molecule has 0 fully saturated rings. The summed E-state index contributed by atoms with van der Waals surface area (Å²) in [5, 5.41) is 10.9. The Morgan fingerprint density at radius 3 is 3.06 bits per heavy atom. The van der Waals surface area contributed by atoms with E-state index in [1.54, 1.807) is 0 Å². The number of H-pyrrole nitrogens is 1. The van der Waals surface area contributed by atoms with Gasteiger partial charge < -0.3 is 10.1 Å². The predicted octanol–water partition coefficient (Wildman–Crippen LogP) is 3.05. The molecular formula is C14H20N2O. The van der Waals surface area contributed by atoms with Crippen molar-refractivity contribution in [2.45, 2.75) is 45.1 Å². The number of nitrogens with zero attached hydrogens (tertiary/aromatic N) is 1. The van der Waals surface area contributed by atoms with Crippen molar-refractivity contribution in [3.05, 3.63) is 30.2 Å². The van der Waals surface area contributed by atoms with Crippen LogP contribution in [0.25, 0.3) is 10.9 Å².